The number of carboxylic acids is 3. The minimum absolute atomic E-state index is 0. The summed E-state index contributed by atoms with van der Waals surface area (Å²) >= 11 is 0. The molecule has 4 aromatic carbocycles. The normalized spacial score (nSPS) is 14.3. The molecule has 140 heavy (non-hydrogen) atoms. The number of ether oxygens (including phenoxy) is 1. The van der Waals surface area contributed by atoms with Gasteiger partial charge in [0.25, 0.3) is 0 Å². The number of sulfonamides is 4. The summed E-state index contributed by atoms with van der Waals surface area (Å²) in [5.74, 6) is -7.43. The molecule has 0 radical (unpaired) electrons. The summed E-state index contributed by atoms with van der Waals surface area (Å²) in [6, 6.07) is 22.1. The predicted molar refractivity (Wildman–Crippen MR) is 501 cm³/mol. The summed E-state index contributed by atoms with van der Waals surface area (Å²) in [4.78, 5) is 78.9. The van der Waals surface area contributed by atoms with Crippen LogP contribution >= 0.6 is 0 Å². The van der Waals surface area contributed by atoms with Crippen molar-refractivity contribution in [2.45, 2.75) is 179 Å². The van der Waals surface area contributed by atoms with Crippen molar-refractivity contribution in [2.24, 2.45) is 0 Å². The largest absolute Gasteiger partial charge is 2.00 e. The number of aromatic nitrogens is 8. The number of esters is 1. The second kappa shape index (κ2) is 63.1. The SMILES string of the molecule is CC(C)c1nc(N(C)S(C)(=O)=O)nc(-c2ccc(F)cc2)c1/C=C/[C@@H](O)C[C@@H](O)CC(=O)[O-].CC(C)c1nc(N(C)S(C)(=O)=O)nc(-c2ccc(F)cc2)c1/C=C/[C@@H](O)C[C@@H](O)CC(=O)[O-].CC(C)c1nc(N(C)S(C)(=O)=O)nc(-c2ccc(F)cc2)c1/C=C/[C@@H](O)C[C@@H](O)CC(=O)[O-].CC(C)c1nc(N(C)S(C)(=O)=O)nc(-c2ccc(F)cc2)c1/C=C/[C@@H]1C[C@@H](O)CC(=O)O1.CO.[Ca+2].[Ca+2].[Cl-].[Cl-].[Na+].[Na+].[OH-]. The molecule has 0 aliphatic carbocycles. The number of aliphatic hydroxyl groups excluding tert-OH is 8. The first-order valence-electron chi connectivity index (χ1n) is 41.0. The van der Waals surface area contributed by atoms with Crippen molar-refractivity contribution in [3.05, 3.63) is 190 Å². The summed E-state index contributed by atoms with van der Waals surface area (Å²) in [5, 5.41) is 109. The van der Waals surface area contributed by atoms with Crippen molar-refractivity contribution < 1.29 is 221 Å². The van der Waals surface area contributed by atoms with E-state index < -0.39 is 155 Å². The number of hydrogen-bond acceptors (Lipinski definition) is 33. The number of hydrogen-bond donors (Lipinski definition) is 8. The van der Waals surface area contributed by atoms with E-state index in [-0.39, 0.29) is 244 Å². The van der Waals surface area contributed by atoms with Crippen LogP contribution in [-0.4, -0.2) is 328 Å². The summed E-state index contributed by atoms with van der Waals surface area (Å²) in [7, 11) is -8.26. The van der Waals surface area contributed by atoms with Crippen LogP contribution in [-0.2, 0) is 64.0 Å². The maximum Gasteiger partial charge on any atom is 2.00 e. The van der Waals surface area contributed by atoms with Crippen molar-refractivity contribution in [2.75, 3.05) is 77.5 Å². The Labute approximate surface area is 929 Å². The molecular weight excluding hydrogens is 2040 g/mol. The molecule has 1 aliphatic rings. The molecule has 8 aromatic rings. The molecule has 9 N–H and O–H groups in total. The number of carboxylic acid groups (broad SMARTS) is 3. The maximum absolute atomic E-state index is 13.5. The summed E-state index contributed by atoms with van der Waals surface area (Å²) < 4.78 is 160. The molecule has 0 spiro atoms. The zero-order valence-corrected chi connectivity index (χ0v) is 93.9. The van der Waals surface area contributed by atoms with E-state index in [1.54, 1.807) is 24.3 Å². The van der Waals surface area contributed by atoms with Crippen molar-refractivity contribution >= 4 is 188 Å². The molecule has 0 amide bonds. The number of carbonyl (C=O) groups is 4. The Hall–Kier alpha value is -6.50. The van der Waals surface area contributed by atoms with E-state index in [1.807, 2.05) is 55.4 Å². The van der Waals surface area contributed by atoms with Crippen molar-refractivity contribution in [1.82, 2.24) is 39.9 Å². The second-order valence-electron chi connectivity index (χ2n) is 31.9. The van der Waals surface area contributed by atoms with Crippen LogP contribution in [0.25, 0.3) is 69.3 Å². The van der Waals surface area contributed by atoms with Crippen LogP contribution < -0.4 is 116 Å². The fourth-order valence-electron chi connectivity index (χ4n) is 12.4. The fraction of sp³-hybridized carbons (Fsp3) is 0.416. The average Bonchev–Trinajstić information content (AvgIpc) is 0.792. The standard InChI is InChI=1S/3C22H28FN3O6S.C22H26FN3O5S.CH4O.2Ca.2ClH.2Na.H2O/c3*1-13(2)20-18(10-9-16(27)11-17(28)12-19(29)30)21(14-5-7-15(23)8-6-14)25-22(24-20)26(3)33(4,31)32;1-13(2)20-18(10-9-17-11-16(27)12-19(28)31-17)21(14-5-7-15(23)8-6-14)25-22(24-20)26(3)32(4,29)30;1-2;;;;;;;/h3*5-10,13,16-17,27-28H,11-12H2,1-4H3,(H,29,30);5-10,13,16-17,27H,11-12H2,1-4H3;2H,1H3;;;2*1H;;;1H2/q;;;;;2*+2;;;2*+1;/p-6/b4*10-9+;;;;;;;;/t4*16-,17-;;;;;;;;/m1111......../s1. The number of halogens is 6. The molecule has 4 aromatic heterocycles. The molecule has 8 atom stereocenters. The zero-order chi connectivity index (χ0) is 100. The molecule has 5 heterocycles. The number of carbonyl (C=O) groups excluding carboxylic acids is 4. The molecule has 1 aliphatic heterocycles. The van der Waals surface area contributed by atoms with Gasteiger partial charge in [-0.25, -0.2) is 108 Å². The Morgan fingerprint density at radius 1 is 0.407 bits per heavy atom. The van der Waals surface area contributed by atoms with Gasteiger partial charge in [0.15, 0.2) is 0 Å². The molecule has 51 heteroatoms. The van der Waals surface area contributed by atoms with Gasteiger partial charge in [0, 0.05) is 143 Å². The van der Waals surface area contributed by atoms with Crippen LogP contribution in [0.5, 0.6) is 0 Å². The maximum atomic E-state index is 13.5. The number of anilines is 4. The van der Waals surface area contributed by atoms with Gasteiger partial charge in [-0.15, -0.1) is 0 Å². The van der Waals surface area contributed by atoms with Gasteiger partial charge in [0.1, 0.15) is 29.4 Å². The Morgan fingerprint density at radius 2 is 0.607 bits per heavy atom. The summed E-state index contributed by atoms with van der Waals surface area (Å²) in [6.45, 7) is 14.9. The van der Waals surface area contributed by atoms with E-state index in [0.717, 1.165) is 49.4 Å². The van der Waals surface area contributed by atoms with Gasteiger partial charge < -0.3 is 106 Å². The Bertz CT molecular complexity index is 5550. The molecule has 0 saturated carbocycles. The molecule has 9 rings (SSSR count). The summed E-state index contributed by atoms with van der Waals surface area (Å²) in [6.07, 6.45) is 4.96. The third-order valence-corrected chi connectivity index (χ3v) is 24.1. The number of aliphatic carboxylic acids is 3. The Morgan fingerprint density at radius 3 is 0.786 bits per heavy atom. The smallest absolute Gasteiger partial charge is 1.00 e. The molecule has 0 bridgehead atoms. The minimum atomic E-state index is -3.66. The van der Waals surface area contributed by atoms with Crippen LogP contribution in [0, 0.1) is 23.3 Å². The quantitative estimate of drug-likeness (QED) is 0.0103. The summed E-state index contributed by atoms with van der Waals surface area (Å²) in [5.41, 5.74) is 7.43. The zero-order valence-electron chi connectivity index (χ0n) is 80.7. The van der Waals surface area contributed by atoms with E-state index in [9.17, 15) is 121 Å². The molecular formula is C89H112Ca2Cl2F4N12Na2O25S4. The van der Waals surface area contributed by atoms with E-state index in [1.165, 1.54) is 150 Å². The Kier molecular flexibility index (Phi) is 62.1. The minimum Gasteiger partial charge on any atom is -1.00 e. The predicted octanol–water partition coefficient (Wildman–Crippen LogP) is -7.23. The fourth-order valence-corrected chi connectivity index (χ4v) is 13.9. The van der Waals surface area contributed by atoms with Gasteiger partial charge in [-0.3, -0.25) is 4.79 Å². The van der Waals surface area contributed by atoms with Gasteiger partial charge in [0.2, 0.25) is 63.9 Å². The monoisotopic (exact) mass is 2150 g/mol. The third kappa shape index (κ3) is 44.0. The molecule has 0 unspecified atom stereocenters. The Balaban J connectivity index is -0.00000175. The molecule has 1 fully saturated rings. The number of aliphatic hydroxyl groups is 8. The van der Waals surface area contributed by atoms with Crippen molar-refractivity contribution in [3.63, 3.8) is 0 Å². The first-order valence-corrected chi connectivity index (χ1v) is 48.4. The third-order valence-electron chi connectivity index (χ3n) is 19.5. The van der Waals surface area contributed by atoms with Crippen LogP contribution in [0.15, 0.2) is 121 Å². The van der Waals surface area contributed by atoms with Gasteiger partial charge in [-0.1, -0.05) is 97.9 Å². The molecule has 37 nitrogen and oxygen atoms in total. The number of cyclic esters (lactones) is 1. The van der Waals surface area contributed by atoms with Crippen LogP contribution in [0.3, 0.4) is 0 Å². The van der Waals surface area contributed by atoms with Gasteiger partial charge in [-0.2, -0.15) is 0 Å². The van der Waals surface area contributed by atoms with Crippen LogP contribution in [0.2, 0.25) is 0 Å². The van der Waals surface area contributed by atoms with Crippen LogP contribution in [0.4, 0.5) is 41.4 Å². The van der Waals surface area contributed by atoms with Crippen LogP contribution in [0.1, 0.15) is 175 Å². The first kappa shape index (κ1) is 138. The number of nitrogens with zero attached hydrogens (tertiary/aromatic N) is 12. The number of benzene rings is 4. The molecule has 1 saturated heterocycles. The van der Waals surface area contributed by atoms with E-state index in [0.29, 0.717) is 90.1 Å². The first-order chi connectivity index (χ1) is 61.8. The van der Waals surface area contributed by atoms with Gasteiger partial charge in [0.05, 0.1) is 120 Å². The van der Waals surface area contributed by atoms with Crippen molar-refractivity contribution in [3.8, 4) is 45.0 Å². The van der Waals surface area contributed by atoms with E-state index in [4.69, 9.17) is 9.84 Å². The van der Waals surface area contributed by atoms with E-state index >= 15 is 0 Å². The van der Waals surface area contributed by atoms with E-state index in [2.05, 4.69) is 39.9 Å². The second-order valence-corrected chi connectivity index (χ2v) is 40.0. The average molecular weight is 2150 g/mol. The van der Waals surface area contributed by atoms with Gasteiger partial charge in [-0.05, 0) is 127 Å². The molecule has 750 valence electrons. The number of rotatable bonds is 36. The van der Waals surface area contributed by atoms with Gasteiger partial charge >= 0.3 is 141 Å². The van der Waals surface area contributed by atoms with Crippen molar-refractivity contribution in [1.29, 1.82) is 0 Å². The topological polar surface area (TPSA) is 591 Å².